The zero-order valence-corrected chi connectivity index (χ0v) is 9.98. The van der Waals surface area contributed by atoms with Gasteiger partial charge in [-0.3, -0.25) is 19.9 Å². The molecule has 0 saturated heterocycles. The van der Waals surface area contributed by atoms with Crippen LogP contribution in [0.2, 0.25) is 0 Å². The quantitative estimate of drug-likeness (QED) is 0.770. The lowest BCUT2D eigenvalue weighted by Gasteiger charge is -2.03. The number of pyridine rings is 1. The molecule has 2 rings (SSSR count). The second-order valence-electron chi connectivity index (χ2n) is 3.24. The van der Waals surface area contributed by atoms with Crippen molar-refractivity contribution in [1.82, 2.24) is 20.5 Å². The molecule has 0 fully saturated rings. The maximum Gasteiger partial charge on any atom is 0.315 e. The summed E-state index contributed by atoms with van der Waals surface area (Å²) in [6.45, 7) is 0.246. The van der Waals surface area contributed by atoms with Gasteiger partial charge in [-0.25, -0.2) is 0 Å². The summed E-state index contributed by atoms with van der Waals surface area (Å²) in [5, 5.41) is 12.2. The van der Waals surface area contributed by atoms with Crippen LogP contribution in [-0.4, -0.2) is 27.0 Å². The molecule has 2 heterocycles. The monoisotopic (exact) mass is 263 g/mol. The molecule has 18 heavy (non-hydrogen) atoms. The van der Waals surface area contributed by atoms with Crippen molar-refractivity contribution in [3.63, 3.8) is 0 Å². The largest absolute Gasteiger partial charge is 0.344 e. The Bertz CT molecular complexity index is 528. The van der Waals surface area contributed by atoms with Crippen LogP contribution in [0.15, 0.2) is 30.0 Å². The van der Waals surface area contributed by atoms with Gasteiger partial charge < -0.3 is 5.32 Å². The second-order valence-corrected chi connectivity index (χ2v) is 4.08. The minimum Gasteiger partial charge on any atom is -0.344 e. The fourth-order valence-corrected chi connectivity index (χ4v) is 1.59. The zero-order chi connectivity index (χ0) is 12.8. The molecule has 0 saturated carbocycles. The molecule has 0 unspecified atom stereocenters. The molecule has 92 valence electrons. The second kappa shape index (κ2) is 5.82. The van der Waals surface area contributed by atoms with Gasteiger partial charge in [0.15, 0.2) is 0 Å². The van der Waals surface area contributed by atoms with Crippen LogP contribution < -0.4 is 10.6 Å². The number of hydrogen-bond donors (Lipinski definition) is 2. The minimum atomic E-state index is -0.768. The smallest absolute Gasteiger partial charge is 0.315 e. The van der Waals surface area contributed by atoms with E-state index in [1.54, 1.807) is 24.5 Å². The molecule has 2 aromatic rings. The summed E-state index contributed by atoms with van der Waals surface area (Å²) in [5.74, 6) is -1.50. The first-order valence-corrected chi connectivity index (χ1v) is 5.88. The number of carbonyl (C=O) groups excluding carboxylic acids is 2. The van der Waals surface area contributed by atoms with E-state index in [2.05, 4.69) is 25.8 Å². The van der Waals surface area contributed by atoms with E-state index in [1.807, 2.05) is 0 Å². The van der Waals surface area contributed by atoms with E-state index < -0.39 is 11.8 Å². The number of nitrogens with one attached hydrogen (secondary N) is 2. The third-order valence-electron chi connectivity index (χ3n) is 1.96. The fourth-order valence-electron chi connectivity index (χ4n) is 1.15. The number of nitrogens with zero attached hydrogens (tertiary/aromatic N) is 3. The summed E-state index contributed by atoms with van der Waals surface area (Å²) in [7, 11) is 0. The van der Waals surface area contributed by atoms with Crippen molar-refractivity contribution in [2.24, 2.45) is 0 Å². The predicted molar refractivity (Wildman–Crippen MR) is 64.6 cm³/mol. The van der Waals surface area contributed by atoms with Crippen LogP contribution in [0.5, 0.6) is 0 Å². The number of aromatic nitrogens is 3. The van der Waals surface area contributed by atoms with Crippen molar-refractivity contribution in [1.29, 1.82) is 0 Å². The first kappa shape index (κ1) is 12.1. The Morgan fingerprint density at radius 2 is 2.22 bits per heavy atom. The molecule has 0 atom stereocenters. The van der Waals surface area contributed by atoms with Gasteiger partial charge in [-0.05, 0) is 11.6 Å². The molecule has 0 aliphatic carbocycles. The van der Waals surface area contributed by atoms with Crippen LogP contribution in [0.1, 0.15) is 5.56 Å². The minimum absolute atomic E-state index is 0.246. The lowest BCUT2D eigenvalue weighted by atomic mass is 10.3. The number of carbonyl (C=O) groups is 2. The van der Waals surface area contributed by atoms with Crippen molar-refractivity contribution in [2.75, 3.05) is 5.32 Å². The molecule has 0 radical (unpaired) electrons. The van der Waals surface area contributed by atoms with Gasteiger partial charge in [0.25, 0.3) is 0 Å². The molecule has 2 N–H and O–H groups in total. The average molecular weight is 263 g/mol. The number of anilines is 1. The van der Waals surface area contributed by atoms with Gasteiger partial charge in [-0.15, -0.1) is 10.2 Å². The summed E-state index contributed by atoms with van der Waals surface area (Å²) in [5.41, 5.74) is 2.28. The Kier molecular flexibility index (Phi) is 3.92. The highest BCUT2D eigenvalue weighted by atomic mass is 32.1. The van der Waals surface area contributed by atoms with E-state index >= 15 is 0 Å². The van der Waals surface area contributed by atoms with E-state index in [1.165, 1.54) is 5.51 Å². The summed E-state index contributed by atoms with van der Waals surface area (Å²) < 4.78 is 0. The van der Waals surface area contributed by atoms with Crippen molar-refractivity contribution >= 4 is 28.3 Å². The SMILES string of the molecule is O=C(NCc1cccnc1)C(=O)Nc1nncs1. The van der Waals surface area contributed by atoms with E-state index in [-0.39, 0.29) is 11.7 Å². The molecule has 2 amide bonds. The highest BCUT2D eigenvalue weighted by Gasteiger charge is 2.14. The molecule has 8 heteroatoms. The Labute approximate surface area is 106 Å². The van der Waals surface area contributed by atoms with Gasteiger partial charge in [0, 0.05) is 18.9 Å². The predicted octanol–water partition coefficient (Wildman–Crippen LogP) is 0.188. The van der Waals surface area contributed by atoms with Crippen molar-refractivity contribution in [3.05, 3.63) is 35.6 Å². The van der Waals surface area contributed by atoms with Gasteiger partial charge in [-0.2, -0.15) is 0 Å². The van der Waals surface area contributed by atoms with Crippen LogP contribution in [0.3, 0.4) is 0 Å². The normalized spacial score (nSPS) is 9.78. The molecule has 7 nitrogen and oxygen atoms in total. The Morgan fingerprint density at radius 3 is 2.89 bits per heavy atom. The Balaban J connectivity index is 1.83. The number of rotatable bonds is 3. The van der Waals surface area contributed by atoms with E-state index in [0.29, 0.717) is 0 Å². The molecule has 0 aliphatic heterocycles. The topological polar surface area (TPSA) is 96.9 Å². The van der Waals surface area contributed by atoms with Gasteiger partial charge in [0.2, 0.25) is 5.13 Å². The van der Waals surface area contributed by atoms with E-state index in [0.717, 1.165) is 16.9 Å². The van der Waals surface area contributed by atoms with Gasteiger partial charge in [-0.1, -0.05) is 17.4 Å². The van der Waals surface area contributed by atoms with Crippen LogP contribution in [0.4, 0.5) is 5.13 Å². The summed E-state index contributed by atoms with van der Waals surface area (Å²) in [6, 6.07) is 3.55. The lowest BCUT2D eigenvalue weighted by molar-refractivity contribution is -0.136. The summed E-state index contributed by atoms with van der Waals surface area (Å²) >= 11 is 1.14. The maximum absolute atomic E-state index is 11.5. The standard InChI is InChI=1S/C10H9N5O2S/c16-8(9(17)14-10-15-13-6-18-10)12-5-7-2-1-3-11-4-7/h1-4,6H,5H2,(H,12,16)(H,14,15,17). The maximum atomic E-state index is 11.5. The summed E-state index contributed by atoms with van der Waals surface area (Å²) in [6.07, 6.45) is 3.25. The summed E-state index contributed by atoms with van der Waals surface area (Å²) in [4.78, 5) is 26.8. The van der Waals surface area contributed by atoms with E-state index in [9.17, 15) is 9.59 Å². The van der Waals surface area contributed by atoms with Gasteiger partial charge in [0.1, 0.15) is 5.51 Å². The van der Waals surface area contributed by atoms with Gasteiger partial charge >= 0.3 is 11.8 Å². The molecule has 0 aliphatic rings. The van der Waals surface area contributed by atoms with Crippen LogP contribution in [0, 0.1) is 0 Å². The van der Waals surface area contributed by atoms with E-state index in [4.69, 9.17) is 0 Å². The molecule has 0 spiro atoms. The van der Waals surface area contributed by atoms with Crippen molar-refractivity contribution in [3.8, 4) is 0 Å². The van der Waals surface area contributed by atoms with Crippen molar-refractivity contribution < 1.29 is 9.59 Å². The molecular formula is C10H9N5O2S. The molecule has 2 aromatic heterocycles. The molecular weight excluding hydrogens is 254 g/mol. The highest BCUT2D eigenvalue weighted by Crippen LogP contribution is 2.07. The Hall–Kier alpha value is -2.35. The average Bonchev–Trinajstić information content (AvgIpc) is 2.90. The van der Waals surface area contributed by atoms with Crippen LogP contribution >= 0.6 is 11.3 Å². The Morgan fingerprint density at radius 1 is 1.33 bits per heavy atom. The van der Waals surface area contributed by atoms with Gasteiger partial charge in [0.05, 0.1) is 0 Å². The van der Waals surface area contributed by atoms with Crippen LogP contribution in [-0.2, 0) is 16.1 Å². The van der Waals surface area contributed by atoms with Crippen molar-refractivity contribution in [2.45, 2.75) is 6.54 Å². The van der Waals surface area contributed by atoms with Crippen LogP contribution in [0.25, 0.3) is 0 Å². The lowest BCUT2D eigenvalue weighted by Crippen LogP contribution is -2.34. The third-order valence-corrected chi connectivity index (χ3v) is 2.57. The highest BCUT2D eigenvalue weighted by molar-refractivity contribution is 7.13. The zero-order valence-electron chi connectivity index (χ0n) is 9.16. The molecule has 0 aromatic carbocycles. The fraction of sp³-hybridized carbons (Fsp3) is 0.100. The number of amides is 2. The number of hydrogen-bond acceptors (Lipinski definition) is 6. The third kappa shape index (κ3) is 3.32. The first-order valence-electron chi connectivity index (χ1n) is 5.00. The first-order chi connectivity index (χ1) is 8.75. The molecule has 0 bridgehead atoms.